The Kier molecular flexibility index (Phi) is 5.30. The Balaban J connectivity index is 1.96. The molecule has 0 atom stereocenters. The van der Waals surface area contributed by atoms with Gasteiger partial charge in [0.25, 0.3) is 0 Å². The molecule has 0 bridgehead atoms. The average Bonchev–Trinajstić information content (AvgIpc) is 2.85. The summed E-state index contributed by atoms with van der Waals surface area (Å²) in [5.41, 5.74) is 6.76. The summed E-state index contributed by atoms with van der Waals surface area (Å²) in [6.45, 7) is 2.45. The van der Waals surface area contributed by atoms with Gasteiger partial charge < -0.3 is 15.2 Å². The number of anilines is 2. The van der Waals surface area contributed by atoms with Crippen LogP contribution in [0.4, 0.5) is 16.2 Å². The summed E-state index contributed by atoms with van der Waals surface area (Å²) in [6, 6.07) is 6.90. The summed E-state index contributed by atoms with van der Waals surface area (Å²) < 4.78 is 10.4. The van der Waals surface area contributed by atoms with Crippen LogP contribution >= 0.6 is 22.9 Å². The molecule has 7 heteroatoms. The van der Waals surface area contributed by atoms with Crippen LogP contribution in [0.15, 0.2) is 29.6 Å². The molecule has 3 N–H and O–H groups in total. The number of nitrogens with one attached hydrogen (secondary N) is 1. The standard InChI is InChI=1S/C14H15ClN2O3S/c1-2-19-14(18)17-13-4-3-10(6-12(13)16)20-7-11-5-9(15)8-21-11/h3-6,8H,2,7,16H2,1H3,(H,17,18). The van der Waals surface area contributed by atoms with Crippen LogP contribution < -0.4 is 15.8 Å². The first-order chi connectivity index (χ1) is 10.1. The fraction of sp³-hybridized carbons (Fsp3) is 0.214. The molecule has 0 aliphatic carbocycles. The van der Waals surface area contributed by atoms with E-state index < -0.39 is 6.09 Å². The number of benzene rings is 1. The van der Waals surface area contributed by atoms with Gasteiger partial charge in [-0.1, -0.05) is 11.6 Å². The van der Waals surface area contributed by atoms with Gasteiger partial charge in [-0.15, -0.1) is 11.3 Å². The third-order valence-corrected chi connectivity index (χ3v) is 3.80. The molecular weight excluding hydrogens is 312 g/mol. The summed E-state index contributed by atoms with van der Waals surface area (Å²) in [7, 11) is 0. The van der Waals surface area contributed by atoms with Gasteiger partial charge in [0.05, 0.1) is 23.0 Å². The molecule has 112 valence electrons. The van der Waals surface area contributed by atoms with E-state index in [1.807, 2.05) is 11.4 Å². The van der Waals surface area contributed by atoms with Gasteiger partial charge in [0.2, 0.25) is 0 Å². The Hall–Kier alpha value is -1.92. The molecule has 1 aromatic carbocycles. The van der Waals surface area contributed by atoms with E-state index in [9.17, 15) is 4.79 Å². The highest BCUT2D eigenvalue weighted by molar-refractivity contribution is 7.10. The smallest absolute Gasteiger partial charge is 0.411 e. The molecule has 0 unspecified atom stereocenters. The maximum atomic E-state index is 11.3. The van der Waals surface area contributed by atoms with Crippen molar-refractivity contribution in [3.8, 4) is 5.75 Å². The number of thiophene rings is 1. The molecule has 1 heterocycles. The van der Waals surface area contributed by atoms with E-state index in [1.54, 1.807) is 25.1 Å². The molecule has 2 aromatic rings. The van der Waals surface area contributed by atoms with Crippen LogP contribution in [0.5, 0.6) is 5.75 Å². The zero-order chi connectivity index (χ0) is 15.2. The van der Waals surface area contributed by atoms with Crippen LogP contribution in [-0.2, 0) is 11.3 Å². The average molecular weight is 327 g/mol. The highest BCUT2D eigenvalue weighted by Gasteiger charge is 2.07. The van der Waals surface area contributed by atoms with E-state index in [0.717, 1.165) is 4.88 Å². The number of ether oxygens (including phenoxy) is 2. The summed E-state index contributed by atoms with van der Waals surface area (Å²) in [5, 5.41) is 5.11. The van der Waals surface area contributed by atoms with Gasteiger partial charge in [-0.2, -0.15) is 0 Å². The molecule has 0 fully saturated rings. The predicted molar refractivity (Wildman–Crippen MR) is 85.2 cm³/mol. The van der Waals surface area contributed by atoms with Crippen molar-refractivity contribution in [2.24, 2.45) is 0 Å². The minimum Gasteiger partial charge on any atom is -0.488 e. The van der Waals surface area contributed by atoms with Gasteiger partial charge >= 0.3 is 6.09 Å². The Morgan fingerprint density at radius 1 is 1.43 bits per heavy atom. The minimum absolute atomic E-state index is 0.302. The van der Waals surface area contributed by atoms with Crippen LogP contribution in [-0.4, -0.2) is 12.7 Å². The summed E-state index contributed by atoms with van der Waals surface area (Å²) >= 11 is 7.37. The maximum Gasteiger partial charge on any atom is 0.411 e. The second kappa shape index (κ2) is 7.19. The Morgan fingerprint density at radius 3 is 2.86 bits per heavy atom. The molecule has 5 nitrogen and oxygen atoms in total. The first-order valence-electron chi connectivity index (χ1n) is 6.27. The fourth-order valence-corrected chi connectivity index (χ4v) is 2.59. The van der Waals surface area contributed by atoms with Crippen molar-refractivity contribution in [3.05, 3.63) is 39.5 Å². The largest absolute Gasteiger partial charge is 0.488 e. The molecule has 0 aliphatic heterocycles. The SMILES string of the molecule is CCOC(=O)Nc1ccc(OCc2cc(Cl)cs2)cc1N. The third kappa shape index (κ3) is 4.54. The lowest BCUT2D eigenvalue weighted by atomic mass is 10.2. The van der Waals surface area contributed by atoms with E-state index in [-0.39, 0.29) is 0 Å². The minimum atomic E-state index is -0.536. The van der Waals surface area contributed by atoms with Crippen LogP contribution in [0.3, 0.4) is 0 Å². The van der Waals surface area contributed by atoms with Gasteiger partial charge in [0.15, 0.2) is 0 Å². The number of hydrogen-bond acceptors (Lipinski definition) is 5. The first-order valence-corrected chi connectivity index (χ1v) is 7.53. The van der Waals surface area contributed by atoms with Gasteiger partial charge in [0, 0.05) is 16.3 Å². The molecular formula is C14H15ClN2O3S. The number of amides is 1. The second-order valence-electron chi connectivity index (χ2n) is 4.11. The van der Waals surface area contributed by atoms with Crippen molar-refractivity contribution in [3.63, 3.8) is 0 Å². The predicted octanol–water partition coefficient (Wildman–Crippen LogP) is 4.13. The van der Waals surface area contributed by atoms with Crippen LogP contribution in [0.2, 0.25) is 5.02 Å². The van der Waals surface area contributed by atoms with Crippen LogP contribution in [0.25, 0.3) is 0 Å². The van der Waals surface area contributed by atoms with E-state index in [4.69, 9.17) is 26.8 Å². The van der Waals surface area contributed by atoms with Crippen LogP contribution in [0, 0.1) is 0 Å². The maximum absolute atomic E-state index is 11.3. The lowest BCUT2D eigenvalue weighted by Crippen LogP contribution is -2.14. The molecule has 0 saturated heterocycles. The number of nitrogens with two attached hydrogens (primary N) is 1. The normalized spacial score (nSPS) is 10.2. The zero-order valence-corrected chi connectivity index (χ0v) is 13.0. The summed E-state index contributed by atoms with van der Waals surface area (Å²) in [4.78, 5) is 12.4. The van der Waals surface area contributed by atoms with E-state index in [0.29, 0.717) is 35.4 Å². The highest BCUT2D eigenvalue weighted by Crippen LogP contribution is 2.26. The van der Waals surface area contributed by atoms with Crippen molar-refractivity contribution in [2.45, 2.75) is 13.5 Å². The van der Waals surface area contributed by atoms with Gasteiger partial charge in [-0.25, -0.2) is 4.79 Å². The third-order valence-electron chi connectivity index (χ3n) is 2.54. The van der Waals surface area contributed by atoms with E-state index in [1.165, 1.54) is 11.3 Å². The Bertz CT molecular complexity index is 630. The lowest BCUT2D eigenvalue weighted by molar-refractivity contribution is 0.168. The van der Waals surface area contributed by atoms with Gasteiger partial charge in [-0.3, -0.25) is 5.32 Å². The lowest BCUT2D eigenvalue weighted by Gasteiger charge is -2.10. The molecule has 0 spiro atoms. The number of carbonyl (C=O) groups excluding carboxylic acids is 1. The molecule has 0 radical (unpaired) electrons. The van der Waals surface area contributed by atoms with Gasteiger partial charge in [0.1, 0.15) is 12.4 Å². The molecule has 0 saturated carbocycles. The quantitative estimate of drug-likeness (QED) is 0.810. The topological polar surface area (TPSA) is 73.6 Å². The number of rotatable bonds is 5. The van der Waals surface area contributed by atoms with Crippen molar-refractivity contribution < 1.29 is 14.3 Å². The summed E-state index contributed by atoms with van der Waals surface area (Å²) in [5.74, 6) is 0.617. The summed E-state index contributed by atoms with van der Waals surface area (Å²) in [6.07, 6.45) is -0.536. The number of hydrogen-bond donors (Lipinski definition) is 2. The van der Waals surface area contributed by atoms with E-state index >= 15 is 0 Å². The monoisotopic (exact) mass is 326 g/mol. The van der Waals surface area contributed by atoms with Crippen LogP contribution in [0.1, 0.15) is 11.8 Å². The molecule has 21 heavy (non-hydrogen) atoms. The second-order valence-corrected chi connectivity index (χ2v) is 5.55. The number of halogens is 1. The first kappa shape index (κ1) is 15.5. The van der Waals surface area contributed by atoms with Crippen molar-refractivity contribution in [1.29, 1.82) is 0 Å². The Labute approximate surface area is 131 Å². The molecule has 2 rings (SSSR count). The van der Waals surface area contributed by atoms with Gasteiger partial charge in [-0.05, 0) is 25.1 Å². The highest BCUT2D eigenvalue weighted by atomic mass is 35.5. The van der Waals surface area contributed by atoms with Crippen molar-refractivity contribution in [1.82, 2.24) is 0 Å². The fourth-order valence-electron chi connectivity index (χ4n) is 1.61. The zero-order valence-electron chi connectivity index (χ0n) is 11.4. The number of nitrogen functional groups attached to an aromatic ring is 1. The molecule has 1 amide bonds. The van der Waals surface area contributed by atoms with Crippen molar-refractivity contribution in [2.75, 3.05) is 17.7 Å². The van der Waals surface area contributed by atoms with E-state index in [2.05, 4.69) is 5.32 Å². The Morgan fingerprint density at radius 2 is 2.24 bits per heavy atom. The van der Waals surface area contributed by atoms with Crippen molar-refractivity contribution >= 4 is 40.4 Å². The molecule has 0 aliphatic rings. The molecule has 1 aromatic heterocycles. The number of carbonyl (C=O) groups is 1.